The van der Waals surface area contributed by atoms with Crippen LogP contribution in [-0.4, -0.2) is 23.2 Å². The third kappa shape index (κ3) is 1.80. The fourth-order valence-electron chi connectivity index (χ4n) is 2.24. The van der Waals surface area contributed by atoms with E-state index in [1.807, 2.05) is 14.0 Å². The molecular formula is C10H17N3O. The zero-order chi connectivity index (χ0) is 9.97. The summed E-state index contributed by atoms with van der Waals surface area (Å²) in [5, 5.41) is 7.18. The zero-order valence-corrected chi connectivity index (χ0v) is 8.79. The molecule has 1 aliphatic carbocycles. The fraction of sp³-hybridized carbons (Fsp3) is 0.800. The highest BCUT2D eigenvalue weighted by Gasteiger charge is 2.29. The Kier molecular flexibility index (Phi) is 2.82. The number of aryl methyl sites for hydroxylation is 1. The Bertz CT molecular complexity index is 297. The van der Waals surface area contributed by atoms with E-state index in [1.165, 1.54) is 19.3 Å². The Balaban J connectivity index is 2.14. The van der Waals surface area contributed by atoms with Crippen molar-refractivity contribution in [2.75, 3.05) is 7.05 Å². The van der Waals surface area contributed by atoms with E-state index in [0.717, 1.165) is 18.1 Å². The van der Waals surface area contributed by atoms with Crippen molar-refractivity contribution < 1.29 is 4.52 Å². The first-order valence-corrected chi connectivity index (χ1v) is 5.28. The number of rotatable bonds is 2. The van der Waals surface area contributed by atoms with E-state index in [1.54, 1.807) is 0 Å². The molecule has 2 atom stereocenters. The SMILES string of the molecule is CNC1CCCCC1c1nc(C)no1. The summed E-state index contributed by atoms with van der Waals surface area (Å²) >= 11 is 0. The van der Waals surface area contributed by atoms with Crippen molar-refractivity contribution in [2.24, 2.45) is 0 Å². The van der Waals surface area contributed by atoms with Gasteiger partial charge in [-0.1, -0.05) is 18.0 Å². The van der Waals surface area contributed by atoms with Gasteiger partial charge in [0, 0.05) is 6.04 Å². The highest BCUT2D eigenvalue weighted by molar-refractivity contribution is 5.00. The summed E-state index contributed by atoms with van der Waals surface area (Å²) in [6.07, 6.45) is 4.94. The van der Waals surface area contributed by atoms with Crippen LogP contribution in [0.5, 0.6) is 0 Å². The maximum absolute atomic E-state index is 5.23. The third-order valence-corrected chi connectivity index (χ3v) is 3.00. The number of nitrogens with zero attached hydrogens (tertiary/aromatic N) is 2. The van der Waals surface area contributed by atoms with Crippen LogP contribution in [0.1, 0.15) is 43.3 Å². The average molecular weight is 195 g/mol. The molecule has 1 saturated carbocycles. The van der Waals surface area contributed by atoms with Gasteiger partial charge in [-0.05, 0) is 26.8 Å². The van der Waals surface area contributed by atoms with Crippen molar-refractivity contribution in [2.45, 2.75) is 44.6 Å². The fourth-order valence-corrected chi connectivity index (χ4v) is 2.24. The van der Waals surface area contributed by atoms with E-state index in [9.17, 15) is 0 Å². The molecule has 1 aromatic heterocycles. The van der Waals surface area contributed by atoms with E-state index in [2.05, 4.69) is 15.5 Å². The summed E-state index contributed by atoms with van der Waals surface area (Å²) in [7, 11) is 2.01. The summed E-state index contributed by atoms with van der Waals surface area (Å²) in [6, 6.07) is 0.503. The van der Waals surface area contributed by atoms with Crippen molar-refractivity contribution in [1.29, 1.82) is 0 Å². The van der Waals surface area contributed by atoms with Gasteiger partial charge in [-0.15, -0.1) is 0 Å². The minimum absolute atomic E-state index is 0.412. The minimum Gasteiger partial charge on any atom is -0.339 e. The van der Waals surface area contributed by atoms with Crippen LogP contribution < -0.4 is 5.32 Å². The van der Waals surface area contributed by atoms with Crippen LogP contribution >= 0.6 is 0 Å². The lowest BCUT2D eigenvalue weighted by atomic mass is 9.84. The van der Waals surface area contributed by atoms with Crippen molar-refractivity contribution in [3.8, 4) is 0 Å². The largest absolute Gasteiger partial charge is 0.339 e. The van der Waals surface area contributed by atoms with Gasteiger partial charge in [0.05, 0.1) is 5.92 Å². The van der Waals surface area contributed by atoms with Gasteiger partial charge in [0.25, 0.3) is 0 Å². The summed E-state index contributed by atoms with van der Waals surface area (Å²) in [5.74, 6) is 1.96. The molecule has 78 valence electrons. The second kappa shape index (κ2) is 4.09. The van der Waals surface area contributed by atoms with Gasteiger partial charge in [-0.2, -0.15) is 4.98 Å². The van der Waals surface area contributed by atoms with Crippen LogP contribution in [0.4, 0.5) is 0 Å². The van der Waals surface area contributed by atoms with E-state index >= 15 is 0 Å². The zero-order valence-electron chi connectivity index (χ0n) is 8.79. The van der Waals surface area contributed by atoms with Crippen molar-refractivity contribution in [3.63, 3.8) is 0 Å². The number of aromatic nitrogens is 2. The van der Waals surface area contributed by atoms with Crippen molar-refractivity contribution in [3.05, 3.63) is 11.7 Å². The van der Waals surface area contributed by atoms with Crippen LogP contribution in [0.2, 0.25) is 0 Å². The first-order valence-electron chi connectivity index (χ1n) is 5.28. The lowest BCUT2D eigenvalue weighted by Crippen LogP contribution is -2.34. The molecule has 4 nitrogen and oxygen atoms in total. The van der Waals surface area contributed by atoms with Gasteiger partial charge in [-0.3, -0.25) is 0 Å². The summed E-state index contributed by atoms with van der Waals surface area (Å²) < 4.78 is 5.23. The van der Waals surface area contributed by atoms with Gasteiger partial charge in [0.1, 0.15) is 0 Å². The summed E-state index contributed by atoms with van der Waals surface area (Å²) in [5.41, 5.74) is 0. The standard InChI is InChI=1S/C10H17N3O/c1-7-12-10(14-13-7)8-5-3-4-6-9(8)11-2/h8-9,11H,3-6H2,1-2H3. The Morgan fingerprint density at radius 1 is 1.36 bits per heavy atom. The molecule has 0 spiro atoms. The second-order valence-corrected chi connectivity index (χ2v) is 3.97. The predicted molar refractivity (Wildman–Crippen MR) is 53.1 cm³/mol. The van der Waals surface area contributed by atoms with Gasteiger partial charge < -0.3 is 9.84 Å². The number of hydrogen-bond acceptors (Lipinski definition) is 4. The van der Waals surface area contributed by atoms with Crippen molar-refractivity contribution >= 4 is 0 Å². The van der Waals surface area contributed by atoms with E-state index in [0.29, 0.717) is 12.0 Å². The molecule has 2 unspecified atom stereocenters. The molecule has 0 saturated heterocycles. The number of hydrogen-bond donors (Lipinski definition) is 1. The highest BCUT2D eigenvalue weighted by atomic mass is 16.5. The van der Waals surface area contributed by atoms with Gasteiger partial charge in [-0.25, -0.2) is 0 Å². The maximum Gasteiger partial charge on any atom is 0.231 e. The molecule has 0 amide bonds. The molecule has 2 rings (SSSR count). The van der Waals surface area contributed by atoms with Crippen molar-refractivity contribution in [1.82, 2.24) is 15.5 Å². The van der Waals surface area contributed by atoms with Crippen LogP contribution in [-0.2, 0) is 0 Å². The van der Waals surface area contributed by atoms with E-state index in [-0.39, 0.29) is 0 Å². The monoisotopic (exact) mass is 195 g/mol. The quantitative estimate of drug-likeness (QED) is 0.779. The second-order valence-electron chi connectivity index (χ2n) is 3.97. The predicted octanol–water partition coefficient (Wildman–Crippen LogP) is 1.62. The first kappa shape index (κ1) is 9.65. The summed E-state index contributed by atoms with van der Waals surface area (Å²) in [6.45, 7) is 1.87. The minimum atomic E-state index is 0.412. The lowest BCUT2D eigenvalue weighted by Gasteiger charge is -2.28. The molecule has 0 aromatic carbocycles. The molecular weight excluding hydrogens is 178 g/mol. The Morgan fingerprint density at radius 3 is 2.79 bits per heavy atom. The molecule has 4 heteroatoms. The highest BCUT2D eigenvalue weighted by Crippen LogP contribution is 2.31. The van der Waals surface area contributed by atoms with Crippen LogP contribution in [0.15, 0.2) is 4.52 Å². The molecule has 1 heterocycles. The molecule has 1 N–H and O–H groups in total. The van der Waals surface area contributed by atoms with Crippen LogP contribution in [0.25, 0.3) is 0 Å². The Hall–Kier alpha value is -0.900. The van der Waals surface area contributed by atoms with Crippen LogP contribution in [0.3, 0.4) is 0 Å². The topological polar surface area (TPSA) is 51.0 Å². The van der Waals surface area contributed by atoms with Gasteiger partial charge in [0.2, 0.25) is 5.89 Å². The molecule has 0 bridgehead atoms. The Labute approximate surface area is 84.1 Å². The number of nitrogens with one attached hydrogen (secondary N) is 1. The first-order chi connectivity index (χ1) is 6.81. The third-order valence-electron chi connectivity index (χ3n) is 3.00. The molecule has 14 heavy (non-hydrogen) atoms. The molecule has 1 fully saturated rings. The van der Waals surface area contributed by atoms with Gasteiger partial charge >= 0.3 is 0 Å². The number of likely N-dealkylation sites (N-methyl/N-ethyl adjacent to an activating group) is 1. The lowest BCUT2D eigenvalue weighted by molar-refractivity contribution is 0.270. The molecule has 1 aliphatic rings. The smallest absolute Gasteiger partial charge is 0.231 e. The molecule has 0 aliphatic heterocycles. The maximum atomic E-state index is 5.23. The van der Waals surface area contributed by atoms with E-state index < -0.39 is 0 Å². The van der Waals surface area contributed by atoms with E-state index in [4.69, 9.17) is 4.52 Å². The van der Waals surface area contributed by atoms with Crippen LogP contribution in [0, 0.1) is 6.92 Å². The molecule has 1 aromatic rings. The Morgan fingerprint density at radius 2 is 2.14 bits per heavy atom. The summed E-state index contributed by atoms with van der Waals surface area (Å²) in [4.78, 5) is 4.31. The normalized spacial score (nSPS) is 27.9. The molecule has 0 radical (unpaired) electrons. The van der Waals surface area contributed by atoms with Gasteiger partial charge in [0.15, 0.2) is 5.82 Å². The average Bonchev–Trinajstić information content (AvgIpc) is 2.65.